The van der Waals surface area contributed by atoms with Gasteiger partial charge < -0.3 is 45.2 Å². The maximum atomic E-state index is 14.9. The smallest absolute Gasteiger partial charge is 0.342 e. The highest BCUT2D eigenvalue weighted by molar-refractivity contribution is 8.76. The average Bonchev–Trinajstić information content (AvgIpc) is 3.53. The fourth-order valence-corrected chi connectivity index (χ4v) is 13.3. The lowest BCUT2D eigenvalue weighted by Crippen LogP contribution is -2.55. The Morgan fingerprint density at radius 1 is 1.07 bits per heavy atom. The molecule has 16 heteroatoms. The molecule has 4 aromatic rings. The lowest BCUT2D eigenvalue weighted by atomic mass is 9.64. The van der Waals surface area contributed by atoms with Crippen LogP contribution < -0.4 is 21.6 Å². The Morgan fingerprint density at radius 3 is 2.77 bits per heavy atom. The molecule has 3 saturated heterocycles. The van der Waals surface area contributed by atoms with E-state index in [1.165, 1.54) is 11.6 Å². The zero-order valence-corrected chi connectivity index (χ0v) is 35.4. The SMILES string of the molecule is Cc1cc(=O)c2c(O)c3c(cc2o1)O[C@@]1(C)CCSSCc2c(cc(CN4C=C5N=CC=C5C4)nc2N)-c2cc(cc(N)n2)CC[C@H]2O[C@@]24C(=O)O[C@@H]1[C@@H]3[C@@H]1CC[C@@H]4[C@@H](O)C1. The Bertz CT molecular complexity index is 2700. The first-order valence-corrected chi connectivity index (χ1v) is 23.4. The number of fused-ring (bicyclic) bond motifs is 9. The minimum absolute atomic E-state index is 0.0512. The third kappa shape index (κ3) is 6.34. The van der Waals surface area contributed by atoms with Gasteiger partial charge in [0.1, 0.15) is 51.6 Å². The molecular formula is C45H46N6O8S2. The number of hydrogen-bond donors (Lipinski definition) is 4. The highest BCUT2D eigenvalue weighted by atomic mass is 33.1. The van der Waals surface area contributed by atoms with E-state index < -0.39 is 47.3 Å². The van der Waals surface area contributed by atoms with Crippen molar-refractivity contribution in [2.75, 3.05) is 23.8 Å². The second-order valence-corrected chi connectivity index (χ2v) is 20.3. The first-order chi connectivity index (χ1) is 29.4. The zero-order valence-electron chi connectivity index (χ0n) is 33.8. The number of ether oxygens (including phenoxy) is 3. The highest BCUT2D eigenvalue weighted by Crippen LogP contribution is 2.60. The number of epoxide rings is 1. The highest BCUT2D eigenvalue weighted by Gasteiger charge is 2.71. The van der Waals surface area contributed by atoms with E-state index >= 15 is 0 Å². The minimum atomic E-state index is -1.35. The lowest BCUT2D eigenvalue weighted by molar-refractivity contribution is -0.175. The molecule has 1 spiro atoms. The number of esters is 1. The molecule has 14 nitrogen and oxygen atoms in total. The molecule has 3 aromatic heterocycles. The number of nitrogens with zero attached hydrogens (tertiary/aromatic N) is 4. The molecule has 0 radical (unpaired) electrons. The summed E-state index contributed by atoms with van der Waals surface area (Å²) in [5.74, 6) is 0.650. The number of aromatic nitrogens is 2. The Kier molecular flexibility index (Phi) is 9.08. The van der Waals surface area contributed by atoms with Gasteiger partial charge in [0.2, 0.25) is 0 Å². The van der Waals surface area contributed by atoms with Crippen LogP contribution in [-0.2, 0) is 33.0 Å². The summed E-state index contributed by atoms with van der Waals surface area (Å²) in [4.78, 5) is 44.5. The number of allylic oxidation sites excluding steroid dienone is 1. The van der Waals surface area contributed by atoms with E-state index in [2.05, 4.69) is 16.0 Å². The molecule has 6 N–H and O–H groups in total. The molecule has 0 amide bonds. The molecular weight excluding hydrogens is 817 g/mol. The minimum Gasteiger partial charge on any atom is -0.507 e. The summed E-state index contributed by atoms with van der Waals surface area (Å²) in [5, 5.41) is 24.0. The van der Waals surface area contributed by atoms with Crippen LogP contribution in [0.15, 0.2) is 68.1 Å². The van der Waals surface area contributed by atoms with E-state index in [1.54, 1.807) is 34.6 Å². The number of aromatic hydroxyl groups is 1. The van der Waals surface area contributed by atoms with Crippen molar-refractivity contribution < 1.29 is 33.6 Å². The van der Waals surface area contributed by atoms with Gasteiger partial charge in [-0.05, 0) is 81.7 Å². The predicted octanol–water partition coefficient (Wildman–Crippen LogP) is 6.09. The molecule has 7 aliphatic heterocycles. The number of aliphatic hydroxyl groups is 1. The average molecular weight is 863 g/mol. The van der Waals surface area contributed by atoms with Gasteiger partial charge in [0.25, 0.3) is 0 Å². The van der Waals surface area contributed by atoms with Gasteiger partial charge in [0, 0.05) is 83.1 Å². The van der Waals surface area contributed by atoms with Crippen molar-refractivity contribution in [3.05, 3.63) is 92.2 Å². The van der Waals surface area contributed by atoms with E-state index in [1.807, 2.05) is 37.5 Å². The Labute approximate surface area is 359 Å². The molecule has 316 valence electrons. The maximum Gasteiger partial charge on any atom is 0.342 e. The van der Waals surface area contributed by atoms with Gasteiger partial charge in [-0.2, -0.15) is 0 Å². The number of phenols is 1. The van der Waals surface area contributed by atoms with Crippen molar-refractivity contribution in [2.24, 2.45) is 16.8 Å². The van der Waals surface area contributed by atoms with Crippen molar-refractivity contribution >= 4 is 56.4 Å². The van der Waals surface area contributed by atoms with Gasteiger partial charge in [0.05, 0.1) is 35.8 Å². The number of phenolic OH excluding ortho intramolecular Hbond substituents is 1. The molecule has 8 atom stereocenters. The van der Waals surface area contributed by atoms with Gasteiger partial charge >= 0.3 is 5.97 Å². The van der Waals surface area contributed by atoms with E-state index in [-0.39, 0.29) is 28.1 Å². The van der Waals surface area contributed by atoms with Crippen LogP contribution >= 0.6 is 21.6 Å². The molecule has 12 rings (SSSR count). The fraction of sp³-hybridized carbons (Fsp3) is 0.444. The number of aryl methyl sites for hydroxylation is 2. The molecule has 1 aliphatic carbocycles. The molecule has 61 heavy (non-hydrogen) atoms. The first-order valence-electron chi connectivity index (χ1n) is 20.9. The van der Waals surface area contributed by atoms with Crippen molar-refractivity contribution in [1.82, 2.24) is 14.9 Å². The Morgan fingerprint density at radius 2 is 1.93 bits per heavy atom. The quantitative estimate of drug-likeness (QED) is 0.102. The number of carbonyl (C=O) groups excluding carboxylic acids is 1. The van der Waals surface area contributed by atoms with Crippen molar-refractivity contribution in [3.8, 4) is 22.8 Å². The number of hydrogen-bond acceptors (Lipinski definition) is 16. The van der Waals surface area contributed by atoms with E-state index in [9.17, 15) is 19.8 Å². The number of pyridine rings is 2. The first kappa shape index (κ1) is 38.9. The lowest BCUT2D eigenvalue weighted by Gasteiger charge is -2.48. The third-order valence-corrected chi connectivity index (χ3v) is 16.2. The number of aliphatic hydroxyl groups excluding tert-OH is 1. The number of nitrogens with two attached hydrogens (primary N) is 2. The zero-order chi connectivity index (χ0) is 41.9. The van der Waals surface area contributed by atoms with Gasteiger partial charge in [-0.1, -0.05) is 21.6 Å². The van der Waals surface area contributed by atoms with Crippen molar-refractivity contribution in [2.45, 2.75) is 100 Å². The van der Waals surface area contributed by atoms with E-state index in [4.69, 9.17) is 40.1 Å². The summed E-state index contributed by atoms with van der Waals surface area (Å²) < 4.78 is 26.1. The van der Waals surface area contributed by atoms with Crippen LogP contribution in [0.25, 0.3) is 22.2 Å². The van der Waals surface area contributed by atoms with Crippen LogP contribution in [-0.4, -0.2) is 79.1 Å². The summed E-state index contributed by atoms with van der Waals surface area (Å²) in [6, 6.07) is 8.97. The second-order valence-electron chi connectivity index (χ2n) is 17.7. The van der Waals surface area contributed by atoms with Gasteiger partial charge in [-0.3, -0.25) is 9.79 Å². The third-order valence-electron chi connectivity index (χ3n) is 13.9. The van der Waals surface area contributed by atoms with Crippen LogP contribution in [0.2, 0.25) is 0 Å². The number of benzene rings is 1. The second kappa shape index (κ2) is 14.3. The largest absolute Gasteiger partial charge is 0.507 e. The topological polar surface area (TPSA) is 212 Å². The molecule has 1 saturated carbocycles. The van der Waals surface area contributed by atoms with E-state index in [0.717, 1.165) is 34.6 Å². The summed E-state index contributed by atoms with van der Waals surface area (Å²) in [7, 11) is 3.27. The number of anilines is 2. The molecule has 1 aromatic carbocycles. The van der Waals surface area contributed by atoms with Gasteiger partial charge in [-0.15, -0.1) is 0 Å². The van der Waals surface area contributed by atoms with E-state index in [0.29, 0.717) is 91.0 Å². The number of aliphatic imine (C=N–C) groups is 1. The molecule has 10 heterocycles. The monoisotopic (exact) mass is 862 g/mol. The summed E-state index contributed by atoms with van der Waals surface area (Å²) in [6.45, 7) is 4.91. The van der Waals surface area contributed by atoms with Crippen molar-refractivity contribution in [1.29, 1.82) is 0 Å². The molecule has 8 aliphatic rings. The van der Waals surface area contributed by atoms with Crippen LogP contribution in [0, 0.1) is 18.8 Å². The summed E-state index contributed by atoms with van der Waals surface area (Å²) in [5.41, 5.74) is 17.4. The maximum absolute atomic E-state index is 14.9. The molecule has 0 unspecified atom stereocenters. The summed E-state index contributed by atoms with van der Waals surface area (Å²) >= 11 is 0. The standard InChI is InChI=1S/C45H46N6O8S2/c1-21-11-32(53)38-33(56-21)16-34-39(40(38)54)37-23-4-5-28(31(52)14-23)45-35(59-45)6-3-22-12-29(50-36(46)13-22)26-15-25(18-51-17-24-7-9-48-30(24)19-51)49-42(47)27(26)20-61-60-10-8-44(2,58-34)41(37)57-43(45)55/h7,9,11-13,15-16,19,23,28,31,35,37,41,52,54H,3-6,8,10,14,17-18,20H2,1-2H3,(H2,46,50)(H2,47,49)/t23-,28-,31+,35-,37-,41-,44+,45-/m1/s1. The number of rotatable bonds is 2. The van der Waals surface area contributed by atoms with Crippen LogP contribution in [0.1, 0.15) is 73.1 Å². The Hall–Kier alpha value is -5.03. The van der Waals surface area contributed by atoms with Crippen LogP contribution in [0.3, 0.4) is 0 Å². The number of nitrogen functional groups attached to an aromatic ring is 2. The van der Waals surface area contributed by atoms with Crippen LogP contribution in [0.5, 0.6) is 11.5 Å². The van der Waals surface area contributed by atoms with Crippen LogP contribution in [0.4, 0.5) is 11.6 Å². The number of carbonyl (C=O) groups is 1. The van der Waals surface area contributed by atoms with Gasteiger partial charge in [-0.25, -0.2) is 14.8 Å². The summed E-state index contributed by atoms with van der Waals surface area (Å²) in [6.07, 6.45) is 6.64. The van der Waals surface area contributed by atoms with Crippen molar-refractivity contribution in [3.63, 3.8) is 0 Å². The molecule has 4 fully saturated rings. The normalized spacial score (nSPS) is 31.3. The fourth-order valence-electron chi connectivity index (χ4n) is 11.0. The Balaban J connectivity index is 0.992. The van der Waals surface area contributed by atoms with Gasteiger partial charge in [0.15, 0.2) is 11.0 Å². The molecule has 6 bridgehead atoms. The predicted molar refractivity (Wildman–Crippen MR) is 233 cm³/mol.